The van der Waals surface area contributed by atoms with E-state index in [9.17, 15) is 0 Å². The van der Waals surface area contributed by atoms with Gasteiger partial charge in [0.1, 0.15) is 11.5 Å². The summed E-state index contributed by atoms with van der Waals surface area (Å²) >= 11 is 0. The van der Waals surface area contributed by atoms with Gasteiger partial charge in [0.15, 0.2) is 0 Å². The highest BCUT2D eigenvalue weighted by Crippen LogP contribution is 2.34. The number of nitrogens with two attached hydrogens (primary N) is 1. The molecule has 0 aliphatic rings. The van der Waals surface area contributed by atoms with Crippen LogP contribution in [0, 0.1) is 0 Å². The number of hydrogen-bond donors (Lipinski definition) is 1. The second-order valence-electron chi connectivity index (χ2n) is 4.94. The summed E-state index contributed by atoms with van der Waals surface area (Å²) in [6.45, 7) is 6.38. The lowest BCUT2D eigenvalue weighted by Gasteiger charge is -2.06. The van der Waals surface area contributed by atoms with Crippen LogP contribution in [0.5, 0.6) is 0 Å². The van der Waals surface area contributed by atoms with Crippen molar-refractivity contribution in [1.82, 2.24) is 19.6 Å². The summed E-state index contributed by atoms with van der Waals surface area (Å²) in [4.78, 5) is 0. The van der Waals surface area contributed by atoms with Crippen LogP contribution in [0.1, 0.15) is 37.9 Å². The summed E-state index contributed by atoms with van der Waals surface area (Å²) in [5.74, 6) is 1.09. The molecule has 2 heterocycles. The Bertz CT molecular complexity index is 562. The largest absolute Gasteiger partial charge is 0.384 e. The molecule has 5 nitrogen and oxygen atoms in total. The highest BCUT2D eigenvalue weighted by Gasteiger charge is 2.21. The summed E-state index contributed by atoms with van der Waals surface area (Å²) in [5.41, 5.74) is 10.4. The Hall–Kier alpha value is -1.78. The molecule has 2 aromatic rings. The number of hydrogen-bond acceptors (Lipinski definition) is 3. The van der Waals surface area contributed by atoms with Gasteiger partial charge in [0.05, 0.1) is 5.69 Å². The minimum atomic E-state index is 0.346. The first kappa shape index (κ1) is 12.7. The molecule has 0 unspecified atom stereocenters. The Morgan fingerprint density at radius 2 is 1.94 bits per heavy atom. The first-order valence-electron chi connectivity index (χ1n) is 6.30. The van der Waals surface area contributed by atoms with Crippen LogP contribution in [0.2, 0.25) is 0 Å². The van der Waals surface area contributed by atoms with Crippen molar-refractivity contribution in [3.05, 3.63) is 17.5 Å². The zero-order valence-electron chi connectivity index (χ0n) is 11.7. The number of nitrogens with zero attached hydrogens (tertiary/aromatic N) is 4. The first-order chi connectivity index (χ1) is 8.45. The average molecular weight is 247 g/mol. The Morgan fingerprint density at radius 3 is 2.50 bits per heavy atom. The molecule has 0 amide bonds. The van der Waals surface area contributed by atoms with Gasteiger partial charge in [-0.25, -0.2) is 0 Å². The minimum Gasteiger partial charge on any atom is -0.384 e. The molecule has 0 aliphatic heterocycles. The monoisotopic (exact) mass is 247 g/mol. The molecule has 2 rings (SSSR count). The lowest BCUT2D eigenvalue weighted by molar-refractivity contribution is 0.746. The van der Waals surface area contributed by atoms with Crippen molar-refractivity contribution in [3.63, 3.8) is 0 Å². The van der Waals surface area contributed by atoms with Crippen molar-refractivity contribution in [2.75, 3.05) is 5.73 Å². The van der Waals surface area contributed by atoms with Crippen LogP contribution in [-0.2, 0) is 20.5 Å². The molecular formula is C13H21N5. The fraction of sp³-hybridized carbons (Fsp3) is 0.538. The molecule has 2 N–H and O–H groups in total. The topological polar surface area (TPSA) is 61.7 Å². The lowest BCUT2D eigenvalue weighted by Crippen LogP contribution is -2.00. The molecule has 0 spiro atoms. The van der Waals surface area contributed by atoms with Gasteiger partial charge >= 0.3 is 0 Å². The molecule has 0 aliphatic carbocycles. The molecule has 2 aromatic heterocycles. The Kier molecular flexibility index (Phi) is 3.15. The maximum atomic E-state index is 6.11. The fourth-order valence-electron chi connectivity index (χ4n) is 2.31. The maximum Gasteiger partial charge on any atom is 0.125 e. The number of aromatic nitrogens is 4. The van der Waals surface area contributed by atoms with Gasteiger partial charge in [0.25, 0.3) is 0 Å². The van der Waals surface area contributed by atoms with E-state index in [1.54, 1.807) is 4.68 Å². The van der Waals surface area contributed by atoms with E-state index in [1.807, 2.05) is 25.0 Å². The summed E-state index contributed by atoms with van der Waals surface area (Å²) in [6, 6.07) is 0. The van der Waals surface area contributed by atoms with Crippen LogP contribution in [0.4, 0.5) is 5.82 Å². The van der Waals surface area contributed by atoms with Crippen molar-refractivity contribution in [2.24, 2.45) is 14.1 Å². The second kappa shape index (κ2) is 4.48. The normalized spacial score (nSPS) is 11.4. The highest BCUT2D eigenvalue weighted by atomic mass is 15.3. The molecule has 0 fully saturated rings. The van der Waals surface area contributed by atoms with E-state index in [0.717, 1.165) is 34.8 Å². The van der Waals surface area contributed by atoms with Crippen molar-refractivity contribution < 1.29 is 0 Å². The standard InChI is InChI=1S/C13H21N5/c1-6-10-9(7-17(4)15-10)12-11(8(2)3)13(14)18(5)16-12/h7-8H,6,14H2,1-5H3. The number of aryl methyl sites for hydroxylation is 3. The Balaban J connectivity index is 2.66. The lowest BCUT2D eigenvalue weighted by atomic mass is 9.98. The molecular weight excluding hydrogens is 226 g/mol. The Labute approximate surface area is 108 Å². The third-order valence-electron chi connectivity index (χ3n) is 3.20. The van der Waals surface area contributed by atoms with E-state index in [0.29, 0.717) is 5.92 Å². The molecule has 18 heavy (non-hydrogen) atoms. The van der Waals surface area contributed by atoms with E-state index in [-0.39, 0.29) is 0 Å². The van der Waals surface area contributed by atoms with E-state index in [1.165, 1.54) is 0 Å². The summed E-state index contributed by atoms with van der Waals surface area (Å²) < 4.78 is 3.58. The SMILES string of the molecule is CCc1nn(C)cc1-c1nn(C)c(N)c1C(C)C. The summed E-state index contributed by atoms with van der Waals surface area (Å²) in [5, 5.41) is 9.03. The van der Waals surface area contributed by atoms with Crippen LogP contribution < -0.4 is 5.73 Å². The van der Waals surface area contributed by atoms with Gasteiger partial charge in [-0.05, 0) is 12.3 Å². The number of nitrogen functional groups attached to an aromatic ring is 1. The van der Waals surface area contributed by atoms with Crippen molar-refractivity contribution >= 4 is 5.82 Å². The van der Waals surface area contributed by atoms with Gasteiger partial charge in [-0.3, -0.25) is 9.36 Å². The third-order valence-corrected chi connectivity index (χ3v) is 3.20. The summed E-state index contributed by atoms with van der Waals surface area (Å²) in [7, 11) is 3.82. The second-order valence-corrected chi connectivity index (χ2v) is 4.94. The molecule has 0 atom stereocenters. The van der Waals surface area contributed by atoms with E-state index in [4.69, 9.17) is 5.73 Å². The fourth-order valence-corrected chi connectivity index (χ4v) is 2.31. The van der Waals surface area contributed by atoms with Gasteiger partial charge < -0.3 is 5.73 Å². The van der Waals surface area contributed by atoms with E-state index in [2.05, 4.69) is 31.0 Å². The molecule has 0 bridgehead atoms. The van der Waals surface area contributed by atoms with Gasteiger partial charge in [0, 0.05) is 31.4 Å². The molecule has 5 heteroatoms. The molecule has 0 saturated carbocycles. The third kappa shape index (κ3) is 1.89. The average Bonchev–Trinajstić information content (AvgIpc) is 2.80. The molecule has 98 valence electrons. The van der Waals surface area contributed by atoms with Crippen molar-refractivity contribution in [2.45, 2.75) is 33.1 Å². The van der Waals surface area contributed by atoms with E-state index >= 15 is 0 Å². The smallest absolute Gasteiger partial charge is 0.125 e. The highest BCUT2D eigenvalue weighted by molar-refractivity contribution is 5.70. The molecule has 0 saturated heterocycles. The first-order valence-corrected chi connectivity index (χ1v) is 6.30. The van der Waals surface area contributed by atoms with Gasteiger partial charge in [0.2, 0.25) is 0 Å². The van der Waals surface area contributed by atoms with E-state index < -0.39 is 0 Å². The van der Waals surface area contributed by atoms with Gasteiger partial charge in [-0.1, -0.05) is 20.8 Å². The minimum absolute atomic E-state index is 0.346. The number of rotatable bonds is 3. The van der Waals surface area contributed by atoms with Gasteiger partial charge in [-0.2, -0.15) is 10.2 Å². The predicted octanol–water partition coefficient (Wildman–Crippen LogP) is 2.09. The Morgan fingerprint density at radius 1 is 1.28 bits per heavy atom. The zero-order chi connectivity index (χ0) is 13.4. The van der Waals surface area contributed by atoms with Crippen LogP contribution in [-0.4, -0.2) is 19.6 Å². The van der Waals surface area contributed by atoms with Crippen molar-refractivity contribution in [3.8, 4) is 11.3 Å². The summed E-state index contributed by atoms with van der Waals surface area (Å²) in [6.07, 6.45) is 2.91. The van der Waals surface area contributed by atoms with Crippen LogP contribution in [0.25, 0.3) is 11.3 Å². The quantitative estimate of drug-likeness (QED) is 0.903. The number of anilines is 1. The van der Waals surface area contributed by atoms with Crippen LogP contribution >= 0.6 is 0 Å². The maximum absolute atomic E-state index is 6.11. The predicted molar refractivity (Wildman–Crippen MR) is 73.3 cm³/mol. The van der Waals surface area contributed by atoms with Crippen LogP contribution in [0.3, 0.4) is 0 Å². The zero-order valence-corrected chi connectivity index (χ0v) is 11.7. The molecule has 0 radical (unpaired) electrons. The van der Waals surface area contributed by atoms with Crippen LogP contribution in [0.15, 0.2) is 6.20 Å². The van der Waals surface area contributed by atoms with Crippen molar-refractivity contribution in [1.29, 1.82) is 0 Å². The molecule has 0 aromatic carbocycles. The van der Waals surface area contributed by atoms with Gasteiger partial charge in [-0.15, -0.1) is 0 Å².